The van der Waals surface area contributed by atoms with Gasteiger partial charge in [0.1, 0.15) is 5.03 Å². The number of carboxylic acid groups (broad SMARTS) is 1. The van der Waals surface area contributed by atoms with Crippen molar-refractivity contribution >= 4 is 28.7 Å². The Morgan fingerprint density at radius 2 is 1.88 bits per heavy atom. The molecule has 3 aromatic rings. The number of aromatic carboxylic acids is 1. The number of nitrogens with zero attached hydrogens (tertiary/aromatic N) is 2. The molecule has 6 heteroatoms. The van der Waals surface area contributed by atoms with Gasteiger partial charge in [0.15, 0.2) is 0 Å². The first-order valence-corrected chi connectivity index (χ1v) is 7.51. The van der Waals surface area contributed by atoms with Crippen LogP contribution in [0.2, 0.25) is 0 Å². The first kappa shape index (κ1) is 16.0. The molecule has 0 N–H and O–H groups in total. The molecule has 0 amide bonds. The largest absolute Gasteiger partial charge is 0.545 e. The Hall–Kier alpha value is -2.92. The zero-order valence-electron chi connectivity index (χ0n) is 12.7. The van der Waals surface area contributed by atoms with Crippen molar-refractivity contribution in [3.05, 3.63) is 71.1 Å². The van der Waals surface area contributed by atoms with E-state index in [0.29, 0.717) is 11.4 Å². The van der Waals surface area contributed by atoms with Crippen molar-refractivity contribution < 1.29 is 14.4 Å². The summed E-state index contributed by atoms with van der Waals surface area (Å²) in [7, 11) is 0. The number of carbonyl (C=O) groups is 1. The first-order chi connectivity index (χ1) is 11.5. The molecular weight excluding hydrogens is 328 g/mol. The van der Waals surface area contributed by atoms with Gasteiger partial charge in [0.05, 0.1) is 5.97 Å². The number of halogens is 1. The highest BCUT2D eigenvalue weighted by Gasteiger charge is 2.12. The summed E-state index contributed by atoms with van der Waals surface area (Å²) in [4.78, 5) is 15.0. The number of hydrogen-bond donors (Lipinski definition) is 0. The molecule has 3 rings (SSSR count). The third kappa shape index (κ3) is 3.36. The fourth-order valence-electron chi connectivity index (χ4n) is 2.18. The molecule has 0 bridgehead atoms. The fraction of sp³-hybridized carbons (Fsp3) is 0.0556. The number of rotatable bonds is 4. The molecule has 0 atom stereocenters. The van der Waals surface area contributed by atoms with Crippen molar-refractivity contribution in [3.63, 3.8) is 0 Å². The van der Waals surface area contributed by atoms with E-state index >= 15 is 0 Å². The van der Waals surface area contributed by atoms with Gasteiger partial charge in [0.2, 0.25) is 5.82 Å². The van der Waals surface area contributed by atoms with Gasteiger partial charge in [0.25, 0.3) is 5.89 Å². The summed E-state index contributed by atoms with van der Waals surface area (Å²) >= 11 is 6.22. The van der Waals surface area contributed by atoms with Gasteiger partial charge in [-0.15, -0.1) is 0 Å². The molecule has 0 saturated heterocycles. The molecule has 120 valence electrons. The standard InChI is InChI=1S/C18H13ClN2O3/c1-11-4-2-3-5-14(11)16-20-17(24-21-16)15(19)10-12-6-8-13(9-7-12)18(22)23/h2-10H,1H3,(H,22,23)/p-1/b15-10-. The van der Waals surface area contributed by atoms with Crippen molar-refractivity contribution in [1.29, 1.82) is 0 Å². The van der Waals surface area contributed by atoms with Crippen molar-refractivity contribution in [2.24, 2.45) is 0 Å². The van der Waals surface area contributed by atoms with Crippen molar-refractivity contribution in [3.8, 4) is 11.4 Å². The molecule has 2 aromatic carbocycles. The van der Waals surface area contributed by atoms with Crippen LogP contribution in [0.4, 0.5) is 0 Å². The van der Waals surface area contributed by atoms with Crippen molar-refractivity contribution in [1.82, 2.24) is 10.1 Å². The zero-order valence-corrected chi connectivity index (χ0v) is 13.4. The summed E-state index contributed by atoms with van der Waals surface area (Å²) in [6.07, 6.45) is 1.62. The van der Waals surface area contributed by atoms with E-state index in [4.69, 9.17) is 16.1 Å². The van der Waals surface area contributed by atoms with Crippen LogP contribution in [0.25, 0.3) is 22.5 Å². The molecule has 1 aromatic heterocycles. The predicted octanol–water partition coefficient (Wildman–Crippen LogP) is 3.15. The van der Waals surface area contributed by atoms with Crippen molar-refractivity contribution in [2.75, 3.05) is 0 Å². The second kappa shape index (κ2) is 6.68. The average Bonchev–Trinajstić information content (AvgIpc) is 3.05. The monoisotopic (exact) mass is 339 g/mol. The molecule has 0 radical (unpaired) electrons. The van der Waals surface area contributed by atoms with Crippen LogP contribution in [0.15, 0.2) is 53.1 Å². The van der Waals surface area contributed by atoms with Gasteiger partial charge < -0.3 is 14.4 Å². The van der Waals surface area contributed by atoms with Crippen LogP contribution < -0.4 is 5.11 Å². The van der Waals surface area contributed by atoms with Gasteiger partial charge in [-0.3, -0.25) is 0 Å². The normalized spacial score (nSPS) is 11.5. The molecule has 0 aliphatic heterocycles. The van der Waals surface area contributed by atoms with E-state index in [9.17, 15) is 9.90 Å². The van der Waals surface area contributed by atoms with E-state index in [1.165, 1.54) is 12.1 Å². The molecule has 5 nitrogen and oxygen atoms in total. The molecular formula is C18H12ClN2O3-. The van der Waals surface area contributed by atoms with Gasteiger partial charge in [-0.2, -0.15) is 4.98 Å². The van der Waals surface area contributed by atoms with Gasteiger partial charge in [-0.05, 0) is 29.7 Å². The van der Waals surface area contributed by atoms with Crippen LogP contribution in [0.3, 0.4) is 0 Å². The Kier molecular flexibility index (Phi) is 4.44. The molecule has 1 heterocycles. The fourth-order valence-corrected chi connectivity index (χ4v) is 2.38. The van der Waals surface area contributed by atoms with Crippen LogP contribution in [-0.2, 0) is 0 Å². The number of hydrogen-bond acceptors (Lipinski definition) is 5. The summed E-state index contributed by atoms with van der Waals surface area (Å²) in [5.41, 5.74) is 2.71. The molecule has 24 heavy (non-hydrogen) atoms. The third-order valence-electron chi connectivity index (χ3n) is 3.46. The number of carbonyl (C=O) groups excluding carboxylic acids is 1. The number of aromatic nitrogens is 2. The SMILES string of the molecule is Cc1ccccc1-c1noc(/C(Cl)=C/c2ccc(C(=O)[O-])cc2)n1. The summed E-state index contributed by atoms with van der Waals surface area (Å²) in [6.45, 7) is 1.96. The predicted molar refractivity (Wildman–Crippen MR) is 89.0 cm³/mol. The van der Waals surface area contributed by atoms with E-state index in [1.54, 1.807) is 18.2 Å². The molecule has 0 aliphatic rings. The lowest BCUT2D eigenvalue weighted by atomic mass is 10.1. The molecule has 0 saturated carbocycles. The minimum absolute atomic E-state index is 0.0999. The van der Waals surface area contributed by atoms with Gasteiger partial charge >= 0.3 is 0 Å². The van der Waals surface area contributed by atoms with E-state index in [2.05, 4.69) is 10.1 Å². The second-order valence-electron chi connectivity index (χ2n) is 5.14. The van der Waals surface area contributed by atoms with Gasteiger partial charge in [0, 0.05) is 5.56 Å². The number of carboxylic acids is 1. The van der Waals surface area contributed by atoms with Crippen LogP contribution in [0, 0.1) is 6.92 Å². The topological polar surface area (TPSA) is 79.0 Å². The molecule has 0 unspecified atom stereocenters. The maximum atomic E-state index is 10.7. The third-order valence-corrected chi connectivity index (χ3v) is 3.73. The lowest BCUT2D eigenvalue weighted by Gasteiger charge is -2.01. The lowest BCUT2D eigenvalue weighted by molar-refractivity contribution is -0.255. The Morgan fingerprint density at radius 3 is 2.54 bits per heavy atom. The van der Waals surface area contributed by atoms with Gasteiger partial charge in [-0.25, -0.2) is 0 Å². The Labute approximate surface area is 143 Å². The molecule has 0 spiro atoms. The highest BCUT2D eigenvalue weighted by Crippen LogP contribution is 2.25. The Balaban J connectivity index is 1.86. The first-order valence-electron chi connectivity index (χ1n) is 7.13. The van der Waals surface area contributed by atoms with E-state index < -0.39 is 5.97 Å². The average molecular weight is 340 g/mol. The Bertz CT molecular complexity index is 914. The lowest BCUT2D eigenvalue weighted by Crippen LogP contribution is -2.21. The van der Waals surface area contributed by atoms with E-state index in [0.717, 1.165) is 11.1 Å². The highest BCUT2D eigenvalue weighted by molar-refractivity contribution is 6.50. The quantitative estimate of drug-likeness (QED) is 0.729. The van der Waals surface area contributed by atoms with Crippen LogP contribution in [-0.4, -0.2) is 16.1 Å². The highest BCUT2D eigenvalue weighted by atomic mass is 35.5. The smallest absolute Gasteiger partial charge is 0.269 e. The Morgan fingerprint density at radius 1 is 1.17 bits per heavy atom. The molecule has 0 aliphatic carbocycles. The summed E-state index contributed by atoms with van der Waals surface area (Å²) in [6, 6.07) is 13.8. The van der Waals surface area contributed by atoms with E-state index in [-0.39, 0.29) is 16.5 Å². The van der Waals surface area contributed by atoms with Crippen LogP contribution in [0.5, 0.6) is 0 Å². The zero-order chi connectivity index (χ0) is 17.1. The second-order valence-corrected chi connectivity index (χ2v) is 5.55. The number of aryl methyl sites for hydroxylation is 1. The summed E-state index contributed by atoms with van der Waals surface area (Å²) in [5, 5.41) is 15.0. The maximum Gasteiger partial charge on any atom is 0.269 e. The van der Waals surface area contributed by atoms with Crippen molar-refractivity contribution in [2.45, 2.75) is 6.92 Å². The van der Waals surface area contributed by atoms with Crippen LogP contribution >= 0.6 is 11.6 Å². The minimum Gasteiger partial charge on any atom is -0.545 e. The minimum atomic E-state index is -1.23. The van der Waals surface area contributed by atoms with Gasteiger partial charge in [-0.1, -0.05) is 65.3 Å². The number of benzene rings is 2. The maximum absolute atomic E-state index is 10.7. The molecule has 0 fully saturated rings. The summed E-state index contributed by atoms with van der Waals surface area (Å²) in [5.74, 6) is -0.572. The summed E-state index contributed by atoms with van der Waals surface area (Å²) < 4.78 is 5.20. The van der Waals surface area contributed by atoms with E-state index in [1.807, 2.05) is 31.2 Å². The van der Waals surface area contributed by atoms with Crippen LogP contribution in [0.1, 0.15) is 27.4 Å².